The van der Waals surface area contributed by atoms with Crippen LogP contribution in [-0.4, -0.2) is 34.6 Å². The predicted molar refractivity (Wildman–Crippen MR) is 85.1 cm³/mol. The SMILES string of the molecule is COC(=O)NC(=O)[C@H](C)Sc1nnc(-c2cc(C)cc(C)c2)o1. The Morgan fingerprint density at radius 2 is 1.87 bits per heavy atom. The number of imide groups is 1. The molecule has 1 atom stereocenters. The lowest BCUT2D eigenvalue weighted by Gasteiger charge is -2.07. The van der Waals surface area contributed by atoms with E-state index in [9.17, 15) is 9.59 Å². The highest BCUT2D eigenvalue weighted by Gasteiger charge is 2.20. The zero-order chi connectivity index (χ0) is 17.0. The van der Waals surface area contributed by atoms with Gasteiger partial charge in [-0.2, -0.15) is 0 Å². The number of carbonyl (C=O) groups excluding carboxylic acids is 2. The van der Waals surface area contributed by atoms with Crippen LogP contribution in [0.2, 0.25) is 0 Å². The molecule has 0 spiro atoms. The van der Waals surface area contributed by atoms with E-state index in [0.717, 1.165) is 28.5 Å². The van der Waals surface area contributed by atoms with Gasteiger partial charge in [-0.3, -0.25) is 10.1 Å². The third kappa shape index (κ3) is 4.56. The Labute approximate surface area is 137 Å². The number of aryl methyl sites for hydroxylation is 2. The maximum Gasteiger partial charge on any atom is 0.413 e. The van der Waals surface area contributed by atoms with Gasteiger partial charge in [0.2, 0.25) is 11.8 Å². The van der Waals surface area contributed by atoms with Gasteiger partial charge in [0.15, 0.2) is 0 Å². The summed E-state index contributed by atoms with van der Waals surface area (Å²) >= 11 is 1.07. The number of ether oxygens (including phenoxy) is 1. The zero-order valence-electron chi connectivity index (χ0n) is 13.2. The van der Waals surface area contributed by atoms with Crippen LogP contribution in [0.3, 0.4) is 0 Å². The van der Waals surface area contributed by atoms with Crippen molar-refractivity contribution in [2.75, 3.05) is 7.11 Å². The summed E-state index contributed by atoms with van der Waals surface area (Å²) in [5.74, 6) is -0.104. The van der Waals surface area contributed by atoms with Crippen LogP contribution < -0.4 is 5.32 Å². The van der Waals surface area contributed by atoms with E-state index in [1.54, 1.807) is 6.92 Å². The Bertz CT molecular complexity index is 709. The van der Waals surface area contributed by atoms with Crippen molar-refractivity contribution in [3.8, 4) is 11.5 Å². The number of benzene rings is 1. The van der Waals surface area contributed by atoms with E-state index < -0.39 is 17.3 Å². The fourth-order valence-electron chi connectivity index (χ4n) is 1.93. The minimum Gasteiger partial charge on any atom is -0.453 e. The molecular formula is C15H17N3O4S. The van der Waals surface area contributed by atoms with Gasteiger partial charge in [0, 0.05) is 5.56 Å². The average molecular weight is 335 g/mol. The first-order chi connectivity index (χ1) is 10.9. The Hall–Kier alpha value is -2.35. The molecule has 0 unspecified atom stereocenters. The molecule has 2 rings (SSSR count). The number of hydrogen-bond donors (Lipinski definition) is 1. The lowest BCUT2D eigenvalue weighted by molar-refractivity contribution is -0.119. The lowest BCUT2D eigenvalue weighted by Crippen LogP contribution is -2.35. The summed E-state index contributed by atoms with van der Waals surface area (Å²) < 4.78 is 9.95. The van der Waals surface area contributed by atoms with Gasteiger partial charge in [0.05, 0.1) is 12.4 Å². The lowest BCUT2D eigenvalue weighted by atomic mass is 10.1. The van der Waals surface area contributed by atoms with E-state index in [-0.39, 0.29) is 5.22 Å². The summed E-state index contributed by atoms with van der Waals surface area (Å²) in [4.78, 5) is 22.8. The van der Waals surface area contributed by atoms with Gasteiger partial charge in [0.25, 0.3) is 5.22 Å². The second kappa shape index (κ2) is 7.28. The van der Waals surface area contributed by atoms with Crippen molar-refractivity contribution < 1.29 is 18.7 Å². The summed E-state index contributed by atoms with van der Waals surface area (Å²) in [6.45, 7) is 5.60. The molecule has 2 amide bonds. The van der Waals surface area contributed by atoms with Gasteiger partial charge < -0.3 is 9.15 Å². The van der Waals surface area contributed by atoms with Crippen molar-refractivity contribution in [1.82, 2.24) is 15.5 Å². The number of rotatable bonds is 4. The molecule has 0 saturated heterocycles. The Morgan fingerprint density at radius 3 is 2.48 bits per heavy atom. The Kier molecular flexibility index (Phi) is 5.38. The summed E-state index contributed by atoms with van der Waals surface area (Å²) in [5.41, 5.74) is 3.02. The topological polar surface area (TPSA) is 94.3 Å². The smallest absolute Gasteiger partial charge is 0.413 e. The second-order valence-corrected chi connectivity index (χ2v) is 6.28. The number of carbonyl (C=O) groups is 2. The molecule has 1 N–H and O–H groups in total. The van der Waals surface area contributed by atoms with Crippen LogP contribution in [0.25, 0.3) is 11.5 Å². The second-order valence-electron chi connectivity index (χ2n) is 4.99. The largest absolute Gasteiger partial charge is 0.453 e. The number of amides is 2. The van der Waals surface area contributed by atoms with Crippen LogP contribution in [0.15, 0.2) is 27.8 Å². The molecule has 0 aliphatic heterocycles. The summed E-state index contributed by atoms with van der Waals surface area (Å²) in [7, 11) is 1.19. The van der Waals surface area contributed by atoms with Crippen molar-refractivity contribution in [1.29, 1.82) is 0 Å². The zero-order valence-corrected chi connectivity index (χ0v) is 14.1. The number of nitrogens with one attached hydrogen (secondary N) is 1. The monoisotopic (exact) mass is 335 g/mol. The number of alkyl carbamates (subject to hydrolysis) is 1. The van der Waals surface area contributed by atoms with Gasteiger partial charge in [-0.15, -0.1) is 10.2 Å². The fourth-order valence-corrected chi connectivity index (χ4v) is 2.61. The molecule has 0 bridgehead atoms. The summed E-state index contributed by atoms with van der Waals surface area (Å²) in [6, 6.07) is 5.94. The van der Waals surface area contributed by atoms with Crippen LogP contribution in [-0.2, 0) is 9.53 Å². The third-order valence-electron chi connectivity index (χ3n) is 2.93. The molecule has 23 heavy (non-hydrogen) atoms. The first kappa shape index (κ1) is 17.0. The third-order valence-corrected chi connectivity index (χ3v) is 3.87. The molecule has 1 heterocycles. The van der Waals surface area contributed by atoms with Crippen LogP contribution >= 0.6 is 11.8 Å². The summed E-state index contributed by atoms with van der Waals surface area (Å²) in [6.07, 6.45) is -0.802. The quantitative estimate of drug-likeness (QED) is 0.858. The van der Waals surface area contributed by atoms with Crippen molar-refractivity contribution >= 4 is 23.8 Å². The minimum atomic E-state index is -0.802. The molecule has 0 saturated carbocycles. The van der Waals surface area contributed by atoms with Crippen LogP contribution in [0.1, 0.15) is 18.1 Å². The Balaban J connectivity index is 2.07. The average Bonchev–Trinajstić information content (AvgIpc) is 2.94. The van der Waals surface area contributed by atoms with E-state index in [1.165, 1.54) is 7.11 Å². The fraction of sp³-hybridized carbons (Fsp3) is 0.333. The molecule has 0 fully saturated rings. The van der Waals surface area contributed by atoms with Crippen LogP contribution in [0.5, 0.6) is 0 Å². The molecule has 0 aliphatic rings. The molecular weight excluding hydrogens is 318 g/mol. The maximum atomic E-state index is 11.8. The molecule has 8 heteroatoms. The molecule has 0 aliphatic carbocycles. The van der Waals surface area contributed by atoms with Gasteiger partial charge in [-0.05, 0) is 32.9 Å². The van der Waals surface area contributed by atoms with Crippen LogP contribution in [0, 0.1) is 13.8 Å². The van der Waals surface area contributed by atoms with Gasteiger partial charge in [0.1, 0.15) is 0 Å². The predicted octanol–water partition coefficient (Wildman–Crippen LogP) is 2.72. The van der Waals surface area contributed by atoms with Crippen molar-refractivity contribution in [2.24, 2.45) is 0 Å². The van der Waals surface area contributed by atoms with Crippen molar-refractivity contribution in [3.05, 3.63) is 29.3 Å². The molecule has 2 aromatic rings. The minimum absolute atomic E-state index is 0.256. The molecule has 1 aromatic carbocycles. The van der Waals surface area contributed by atoms with Crippen molar-refractivity contribution in [3.63, 3.8) is 0 Å². The highest BCUT2D eigenvalue weighted by Crippen LogP contribution is 2.27. The maximum absolute atomic E-state index is 11.8. The molecule has 7 nitrogen and oxygen atoms in total. The number of nitrogens with zero attached hydrogens (tertiary/aromatic N) is 2. The highest BCUT2D eigenvalue weighted by molar-refractivity contribution is 8.00. The van der Waals surface area contributed by atoms with Gasteiger partial charge in [-0.1, -0.05) is 29.0 Å². The standard InChI is InChI=1S/C15H17N3O4S/c1-8-5-9(2)7-11(6-8)13-17-18-15(22-13)23-10(3)12(19)16-14(20)21-4/h5-7,10H,1-4H3,(H,16,19,20)/t10-/m0/s1. The number of thioether (sulfide) groups is 1. The Morgan fingerprint density at radius 1 is 1.22 bits per heavy atom. The summed E-state index contributed by atoms with van der Waals surface area (Å²) in [5, 5.41) is 9.69. The van der Waals surface area contributed by atoms with E-state index in [4.69, 9.17) is 4.42 Å². The molecule has 1 aromatic heterocycles. The first-order valence-corrected chi connectivity index (χ1v) is 7.74. The first-order valence-electron chi connectivity index (χ1n) is 6.86. The van der Waals surface area contributed by atoms with E-state index >= 15 is 0 Å². The van der Waals surface area contributed by atoms with E-state index in [2.05, 4.69) is 26.3 Å². The van der Waals surface area contributed by atoms with Crippen molar-refractivity contribution in [2.45, 2.75) is 31.2 Å². The van der Waals surface area contributed by atoms with Gasteiger partial charge in [-0.25, -0.2) is 4.79 Å². The number of methoxy groups -OCH3 is 1. The highest BCUT2D eigenvalue weighted by atomic mass is 32.2. The number of hydrogen-bond acceptors (Lipinski definition) is 7. The van der Waals surface area contributed by atoms with E-state index in [0.29, 0.717) is 5.89 Å². The van der Waals surface area contributed by atoms with E-state index in [1.807, 2.05) is 26.0 Å². The molecule has 0 radical (unpaired) electrons. The molecule has 122 valence electrons. The van der Waals surface area contributed by atoms with Gasteiger partial charge >= 0.3 is 6.09 Å². The normalized spacial score (nSPS) is 11.8. The van der Waals surface area contributed by atoms with Crippen LogP contribution in [0.4, 0.5) is 4.79 Å². The number of aromatic nitrogens is 2.